The summed E-state index contributed by atoms with van der Waals surface area (Å²) < 4.78 is 1.78. The highest BCUT2D eigenvalue weighted by Crippen LogP contribution is 2.24. The fourth-order valence-corrected chi connectivity index (χ4v) is 4.02. The summed E-state index contributed by atoms with van der Waals surface area (Å²) in [6.07, 6.45) is 3.77. The molecule has 7 heteroatoms. The summed E-state index contributed by atoms with van der Waals surface area (Å²) in [7, 11) is 0. The van der Waals surface area contributed by atoms with Crippen LogP contribution >= 0.6 is 11.3 Å². The Labute approximate surface area is 173 Å². The zero-order valence-corrected chi connectivity index (χ0v) is 17.1. The van der Waals surface area contributed by atoms with Gasteiger partial charge in [-0.15, -0.1) is 11.3 Å². The molecule has 0 saturated carbocycles. The number of thiazole rings is 1. The summed E-state index contributed by atoms with van der Waals surface area (Å²) in [5, 5.41) is 10.3. The SMILES string of the molecule is Cc1c([C@H](C)NC(=O)Cc2csc(-c3ccccc3)n2)cnn1-c1ccccn1. The van der Waals surface area contributed by atoms with Crippen LogP contribution in [-0.2, 0) is 11.2 Å². The van der Waals surface area contributed by atoms with Crippen LogP contribution in [-0.4, -0.2) is 25.7 Å². The molecule has 1 atom stereocenters. The third kappa shape index (κ3) is 4.25. The quantitative estimate of drug-likeness (QED) is 0.526. The molecular weight excluding hydrogens is 382 g/mol. The molecule has 0 aliphatic carbocycles. The monoisotopic (exact) mass is 403 g/mol. The average molecular weight is 404 g/mol. The molecule has 0 saturated heterocycles. The van der Waals surface area contributed by atoms with E-state index in [0.717, 1.165) is 33.3 Å². The number of hydrogen-bond acceptors (Lipinski definition) is 5. The van der Waals surface area contributed by atoms with Gasteiger partial charge in [0.15, 0.2) is 5.82 Å². The number of nitrogens with one attached hydrogen (secondary N) is 1. The van der Waals surface area contributed by atoms with Crippen LogP contribution < -0.4 is 5.32 Å². The maximum Gasteiger partial charge on any atom is 0.226 e. The Kier molecular flexibility index (Phi) is 5.48. The highest BCUT2D eigenvalue weighted by molar-refractivity contribution is 7.13. The summed E-state index contributed by atoms with van der Waals surface area (Å²) in [6.45, 7) is 3.94. The fraction of sp³-hybridized carbons (Fsp3) is 0.182. The molecule has 1 amide bonds. The zero-order valence-electron chi connectivity index (χ0n) is 16.2. The molecule has 6 nitrogen and oxygen atoms in total. The van der Waals surface area contributed by atoms with Crippen molar-refractivity contribution < 1.29 is 4.79 Å². The van der Waals surface area contributed by atoms with Crippen LogP contribution in [0.15, 0.2) is 66.3 Å². The van der Waals surface area contributed by atoms with Crippen molar-refractivity contribution in [3.05, 3.63) is 83.3 Å². The number of amides is 1. The normalized spacial score (nSPS) is 11.9. The smallest absolute Gasteiger partial charge is 0.226 e. The molecule has 0 unspecified atom stereocenters. The van der Waals surface area contributed by atoms with E-state index < -0.39 is 0 Å². The Hall–Kier alpha value is -3.32. The van der Waals surface area contributed by atoms with Crippen molar-refractivity contribution in [2.45, 2.75) is 26.3 Å². The lowest BCUT2D eigenvalue weighted by Crippen LogP contribution is -2.28. The lowest BCUT2D eigenvalue weighted by molar-refractivity contribution is -0.121. The fourth-order valence-electron chi connectivity index (χ4n) is 3.19. The minimum absolute atomic E-state index is 0.0626. The van der Waals surface area contributed by atoms with E-state index >= 15 is 0 Å². The maximum atomic E-state index is 12.5. The van der Waals surface area contributed by atoms with E-state index in [4.69, 9.17) is 0 Å². The highest BCUT2D eigenvalue weighted by atomic mass is 32.1. The highest BCUT2D eigenvalue weighted by Gasteiger charge is 2.17. The number of rotatable bonds is 6. The maximum absolute atomic E-state index is 12.5. The summed E-state index contributed by atoms with van der Waals surface area (Å²) >= 11 is 1.55. The van der Waals surface area contributed by atoms with Crippen LogP contribution in [0.2, 0.25) is 0 Å². The standard InChI is InChI=1S/C22H21N5OS/c1-15(19-13-24-27(16(19)2)20-10-6-7-11-23-20)25-21(28)12-18-14-29-22(26-18)17-8-4-3-5-9-17/h3-11,13-15H,12H2,1-2H3,(H,25,28)/t15-/m0/s1. The molecule has 3 aromatic heterocycles. The van der Waals surface area contributed by atoms with E-state index in [-0.39, 0.29) is 18.4 Å². The van der Waals surface area contributed by atoms with E-state index in [1.807, 2.05) is 67.8 Å². The molecule has 29 heavy (non-hydrogen) atoms. The molecular formula is C22H21N5OS. The first kappa shape index (κ1) is 19.0. The molecule has 0 radical (unpaired) electrons. The number of carbonyl (C=O) groups is 1. The third-order valence-corrected chi connectivity index (χ3v) is 5.61. The van der Waals surface area contributed by atoms with Crippen LogP contribution in [0.4, 0.5) is 0 Å². The number of pyridine rings is 1. The molecule has 0 aliphatic rings. The van der Waals surface area contributed by atoms with Crippen molar-refractivity contribution >= 4 is 17.2 Å². The van der Waals surface area contributed by atoms with Gasteiger partial charge in [-0.3, -0.25) is 4.79 Å². The van der Waals surface area contributed by atoms with E-state index in [2.05, 4.69) is 20.4 Å². The van der Waals surface area contributed by atoms with Gasteiger partial charge < -0.3 is 5.32 Å². The second-order valence-electron chi connectivity index (χ2n) is 6.76. The Bertz CT molecular complexity index is 1100. The van der Waals surface area contributed by atoms with Crippen molar-refractivity contribution in [3.8, 4) is 16.4 Å². The van der Waals surface area contributed by atoms with Crippen LogP contribution in [0, 0.1) is 6.92 Å². The second kappa shape index (κ2) is 8.36. The van der Waals surface area contributed by atoms with Crippen molar-refractivity contribution in [1.29, 1.82) is 0 Å². The van der Waals surface area contributed by atoms with Gasteiger partial charge in [-0.1, -0.05) is 36.4 Å². The van der Waals surface area contributed by atoms with Crippen molar-refractivity contribution in [3.63, 3.8) is 0 Å². The van der Waals surface area contributed by atoms with Crippen LogP contribution in [0.1, 0.15) is 29.9 Å². The minimum atomic E-state index is -0.160. The first-order chi connectivity index (χ1) is 14.1. The number of benzene rings is 1. The largest absolute Gasteiger partial charge is 0.349 e. The lowest BCUT2D eigenvalue weighted by atomic mass is 10.1. The topological polar surface area (TPSA) is 72.7 Å². The van der Waals surface area contributed by atoms with Crippen LogP contribution in [0.5, 0.6) is 0 Å². The number of nitrogens with zero attached hydrogens (tertiary/aromatic N) is 4. The average Bonchev–Trinajstić information content (AvgIpc) is 3.36. The number of carbonyl (C=O) groups excluding carboxylic acids is 1. The van der Waals surface area contributed by atoms with E-state index in [0.29, 0.717) is 0 Å². The van der Waals surface area contributed by atoms with Gasteiger partial charge in [0.2, 0.25) is 5.91 Å². The van der Waals surface area contributed by atoms with Gasteiger partial charge >= 0.3 is 0 Å². The summed E-state index contributed by atoms with van der Waals surface area (Å²) in [6, 6.07) is 15.5. The molecule has 0 fully saturated rings. The Morgan fingerprint density at radius 1 is 1.17 bits per heavy atom. The molecule has 1 N–H and O–H groups in total. The zero-order chi connectivity index (χ0) is 20.2. The van der Waals surface area contributed by atoms with Crippen LogP contribution in [0.25, 0.3) is 16.4 Å². The third-order valence-electron chi connectivity index (χ3n) is 4.67. The van der Waals surface area contributed by atoms with Gasteiger partial charge in [0.05, 0.1) is 24.4 Å². The summed E-state index contributed by atoms with van der Waals surface area (Å²) in [4.78, 5) is 21.5. The molecule has 1 aromatic carbocycles. The van der Waals surface area contributed by atoms with Crippen molar-refractivity contribution in [2.75, 3.05) is 0 Å². The van der Waals surface area contributed by atoms with E-state index in [1.165, 1.54) is 0 Å². The first-order valence-electron chi connectivity index (χ1n) is 9.37. The van der Waals surface area contributed by atoms with Gasteiger partial charge in [-0.25, -0.2) is 14.6 Å². The van der Waals surface area contributed by atoms with Crippen LogP contribution in [0.3, 0.4) is 0 Å². The van der Waals surface area contributed by atoms with Gasteiger partial charge in [-0.05, 0) is 26.0 Å². The molecule has 0 aliphatic heterocycles. The number of aromatic nitrogens is 4. The molecule has 3 heterocycles. The Balaban J connectivity index is 1.42. The predicted molar refractivity (Wildman–Crippen MR) is 114 cm³/mol. The van der Waals surface area contributed by atoms with Gasteiger partial charge in [-0.2, -0.15) is 5.10 Å². The Morgan fingerprint density at radius 2 is 1.97 bits per heavy atom. The molecule has 146 valence electrons. The van der Waals surface area contributed by atoms with Crippen molar-refractivity contribution in [2.24, 2.45) is 0 Å². The molecule has 0 bridgehead atoms. The Morgan fingerprint density at radius 3 is 2.72 bits per heavy atom. The second-order valence-corrected chi connectivity index (χ2v) is 7.62. The molecule has 0 spiro atoms. The van der Waals surface area contributed by atoms with E-state index in [9.17, 15) is 4.79 Å². The molecule has 4 aromatic rings. The van der Waals surface area contributed by atoms with Gasteiger partial charge in [0, 0.05) is 28.4 Å². The van der Waals surface area contributed by atoms with Gasteiger partial charge in [0.25, 0.3) is 0 Å². The van der Waals surface area contributed by atoms with E-state index in [1.54, 1.807) is 28.4 Å². The number of hydrogen-bond donors (Lipinski definition) is 1. The minimum Gasteiger partial charge on any atom is -0.349 e. The van der Waals surface area contributed by atoms with Gasteiger partial charge in [0.1, 0.15) is 5.01 Å². The predicted octanol–water partition coefficient (Wildman–Crippen LogP) is 4.12. The lowest BCUT2D eigenvalue weighted by Gasteiger charge is -2.13. The summed E-state index contributed by atoms with van der Waals surface area (Å²) in [5.41, 5.74) is 3.76. The first-order valence-corrected chi connectivity index (χ1v) is 10.2. The van der Waals surface area contributed by atoms with Crippen molar-refractivity contribution in [1.82, 2.24) is 25.1 Å². The molecule has 4 rings (SSSR count). The summed E-state index contributed by atoms with van der Waals surface area (Å²) in [5.74, 6) is 0.693.